The zero-order chi connectivity index (χ0) is 37.0. The van der Waals surface area contributed by atoms with E-state index in [1.165, 1.54) is 56.9 Å². The van der Waals surface area contributed by atoms with Crippen LogP contribution >= 0.6 is 23.5 Å². The normalized spacial score (nSPS) is 9.47. The summed E-state index contributed by atoms with van der Waals surface area (Å²) < 4.78 is 4.41. The smallest absolute Gasteiger partial charge is 0.858 e. The van der Waals surface area contributed by atoms with Crippen LogP contribution in [0.25, 0.3) is 23.0 Å². The van der Waals surface area contributed by atoms with Crippen LogP contribution in [0.1, 0.15) is 0 Å². The summed E-state index contributed by atoms with van der Waals surface area (Å²) in [5.74, 6) is -0.507. The van der Waals surface area contributed by atoms with Gasteiger partial charge in [-0.05, 0) is 70.7 Å². The van der Waals surface area contributed by atoms with Gasteiger partial charge in [-0.1, -0.05) is 23.5 Å². The van der Waals surface area contributed by atoms with Gasteiger partial charge in [0, 0.05) is 97.3 Å². The zero-order valence-electron chi connectivity index (χ0n) is 31.0. The average molecular weight is 925 g/mol. The summed E-state index contributed by atoms with van der Waals surface area (Å²) in [4.78, 5) is 43.3. The Kier molecular flexibility index (Phi) is 22.2. The molecule has 4 aliphatic rings. The maximum atomic E-state index is 11.4. The predicted molar refractivity (Wildman–Crippen MR) is 205 cm³/mol. The third-order valence-corrected chi connectivity index (χ3v) is 8.89. The van der Waals surface area contributed by atoms with E-state index in [-0.39, 0.29) is 72.2 Å². The van der Waals surface area contributed by atoms with Gasteiger partial charge >= 0.3 is 38.7 Å². The van der Waals surface area contributed by atoms with Crippen molar-refractivity contribution in [2.75, 3.05) is 0 Å². The van der Waals surface area contributed by atoms with Crippen molar-refractivity contribution in [1.82, 2.24) is 69.0 Å². The Morgan fingerprint density at radius 3 is 0.930 bits per heavy atom. The molecule has 0 amide bonds. The van der Waals surface area contributed by atoms with Crippen LogP contribution in [0.15, 0.2) is 127 Å². The summed E-state index contributed by atoms with van der Waals surface area (Å²) >= 11 is 3.42. The molecule has 0 saturated carbocycles. The summed E-state index contributed by atoms with van der Waals surface area (Å²) in [6, 6.07) is 15.9. The topological polar surface area (TPSA) is 361 Å². The van der Waals surface area contributed by atoms with Crippen molar-refractivity contribution in [3.05, 3.63) is 119 Å². The fourth-order valence-electron chi connectivity index (χ4n) is 4.15. The Morgan fingerprint density at radius 1 is 0.439 bits per heavy atom. The molecule has 4 aliphatic heterocycles. The van der Waals surface area contributed by atoms with E-state index in [0.29, 0.717) is 0 Å². The number of hydrogen-bond donors (Lipinski definition) is 0. The van der Waals surface area contributed by atoms with Crippen molar-refractivity contribution in [3.63, 3.8) is 0 Å². The SMILES string of the molecule is Cn1c2nnnc-2c([O-])n(C)c1=O.Cn1c2nnnc-2c([O-])n(C)c1=O.[Cd+2].[OH3+].[OH3+].[OH3+].[OH3+].c1cc(Sc2ccncc2)ccn1.c1cc(Sc2ccncc2)ccn1. The van der Waals surface area contributed by atoms with Crippen LogP contribution in [0.3, 0.4) is 0 Å². The first-order chi connectivity index (χ1) is 25.2. The van der Waals surface area contributed by atoms with Gasteiger partial charge in [0.15, 0.2) is 11.6 Å². The van der Waals surface area contributed by atoms with Crippen LogP contribution in [-0.4, -0.2) is 69.0 Å². The van der Waals surface area contributed by atoms with E-state index in [4.69, 9.17) is 0 Å². The van der Waals surface area contributed by atoms with E-state index >= 15 is 0 Å². The molecule has 296 valence electrons. The molecule has 0 spiro atoms. The minimum absolute atomic E-state index is 0. The number of pyridine rings is 4. The van der Waals surface area contributed by atoms with Crippen molar-refractivity contribution in [3.8, 4) is 34.8 Å². The number of nitrogens with zero attached hydrogens (tertiary/aromatic N) is 14. The third-order valence-electron chi connectivity index (χ3n) is 6.86. The number of fused-ring (bicyclic) bond motifs is 2. The van der Waals surface area contributed by atoms with Crippen molar-refractivity contribution >= 4 is 23.5 Å². The summed E-state index contributed by atoms with van der Waals surface area (Å²) in [7, 11) is 5.80. The second kappa shape index (κ2) is 24.7. The molecule has 0 bridgehead atoms. The van der Waals surface area contributed by atoms with Gasteiger partial charge in [-0.15, -0.1) is 20.4 Å². The Morgan fingerprint density at radius 2 is 0.684 bits per heavy atom. The number of aromatic nitrogens is 14. The standard InChI is InChI=1S/2C10H8N2S.2C6H7N5O2.Cd.4H2O/c2*1-5-11-6-2-9(1)13-10-3-7-12-8-4-10;2*1-10-4-3(7-9-8-4)5(12)11(2)6(10)13;;;;;/h2*1-8H;2*12H,1-2H3;;4*1H2/q;;;;+2;;;;/p+2. The molecule has 0 fully saturated rings. The molecular weight excluding hydrogens is 885 g/mol. The van der Waals surface area contributed by atoms with Gasteiger partial charge in [0.25, 0.3) is 0 Å². The molecule has 4 aromatic rings. The van der Waals surface area contributed by atoms with Crippen LogP contribution < -0.4 is 21.6 Å². The van der Waals surface area contributed by atoms with Crippen LogP contribution in [-0.2, 0) is 77.4 Å². The fraction of sp³-hybridized carbons (Fsp3) is 0.125. The summed E-state index contributed by atoms with van der Waals surface area (Å²) in [6.45, 7) is 0. The molecule has 0 unspecified atom stereocenters. The summed E-state index contributed by atoms with van der Waals surface area (Å²) in [6.07, 6.45) is 14.4. The van der Waals surface area contributed by atoms with Crippen LogP contribution in [0.4, 0.5) is 0 Å². The van der Waals surface area contributed by atoms with Crippen LogP contribution in [0.2, 0.25) is 0 Å². The molecule has 8 heterocycles. The van der Waals surface area contributed by atoms with Crippen LogP contribution in [0.5, 0.6) is 11.8 Å². The second-order valence-electron chi connectivity index (χ2n) is 10.3. The van der Waals surface area contributed by atoms with E-state index < -0.39 is 23.1 Å². The third kappa shape index (κ3) is 13.2. The molecule has 0 saturated heterocycles. The Labute approximate surface area is 351 Å². The molecule has 8 rings (SSSR count). The van der Waals surface area contributed by atoms with E-state index in [1.807, 2.05) is 48.5 Å². The fourth-order valence-corrected chi connectivity index (χ4v) is 5.73. The Bertz CT molecular complexity index is 2150. The Hall–Kier alpha value is -5.78. The summed E-state index contributed by atoms with van der Waals surface area (Å²) in [5, 5.41) is 43.6. The van der Waals surface area contributed by atoms with Gasteiger partial charge in [0.05, 0.1) is 0 Å². The van der Waals surface area contributed by atoms with Gasteiger partial charge in [-0.3, -0.25) is 29.1 Å². The molecule has 57 heavy (non-hydrogen) atoms. The first kappa shape index (κ1) is 51.2. The molecule has 12 N–H and O–H groups in total. The zero-order valence-corrected chi connectivity index (χ0v) is 36.6. The van der Waals surface area contributed by atoms with Crippen molar-refractivity contribution < 1.29 is 59.4 Å². The maximum absolute atomic E-state index is 11.4. The second-order valence-corrected chi connectivity index (χ2v) is 12.6. The van der Waals surface area contributed by atoms with Crippen molar-refractivity contribution in [2.45, 2.75) is 19.6 Å². The maximum Gasteiger partial charge on any atom is 2.00 e. The van der Waals surface area contributed by atoms with Gasteiger partial charge in [0.2, 0.25) is 0 Å². The van der Waals surface area contributed by atoms with Crippen LogP contribution in [0, 0.1) is 0 Å². The minimum Gasteiger partial charge on any atom is -0.858 e. The minimum atomic E-state index is -0.469. The molecule has 4 aromatic heterocycles. The average Bonchev–Trinajstić information content (AvgIpc) is 3.89. The quantitative estimate of drug-likeness (QED) is 0.133. The predicted octanol–water partition coefficient (Wildman–Crippen LogP) is -2.26. The number of hydrogen-bond acceptors (Lipinski definition) is 16. The van der Waals surface area contributed by atoms with Crippen molar-refractivity contribution in [2.24, 2.45) is 28.2 Å². The van der Waals surface area contributed by atoms with E-state index in [0.717, 1.165) is 9.13 Å². The molecule has 22 nitrogen and oxygen atoms in total. The van der Waals surface area contributed by atoms with E-state index in [1.54, 1.807) is 73.1 Å². The first-order valence-corrected chi connectivity index (χ1v) is 16.6. The Balaban J connectivity index is 0.000000713. The molecule has 0 radical (unpaired) electrons. The molecular formula is C32H40CdN14O8S2+4. The molecule has 0 atom stereocenters. The van der Waals surface area contributed by atoms with Gasteiger partial charge in [-0.25, -0.2) is 9.59 Å². The van der Waals surface area contributed by atoms with E-state index in [9.17, 15) is 19.8 Å². The van der Waals surface area contributed by atoms with Crippen molar-refractivity contribution in [1.29, 1.82) is 0 Å². The number of rotatable bonds is 4. The largest absolute Gasteiger partial charge is 2.00 e. The van der Waals surface area contributed by atoms with E-state index in [2.05, 4.69) is 50.8 Å². The van der Waals surface area contributed by atoms with Gasteiger partial charge < -0.3 is 41.3 Å². The van der Waals surface area contributed by atoms with Gasteiger partial charge in [-0.2, -0.15) is 0 Å². The van der Waals surface area contributed by atoms with Gasteiger partial charge in [0.1, 0.15) is 11.4 Å². The first-order valence-electron chi connectivity index (χ1n) is 14.9. The summed E-state index contributed by atoms with van der Waals surface area (Å²) in [5.41, 5.74) is -0.631. The molecule has 25 heteroatoms. The molecule has 0 aliphatic carbocycles. The molecule has 0 aromatic carbocycles. The monoisotopic (exact) mass is 926 g/mol.